The van der Waals surface area contributed by atoms with Gasteiger partial charge >= 0.3 is 5.97 Å². The monoisotopic (exact) mass is 334 g/mol. The fourth-order valence-corrected chi connectivity index (χ4v) is 2.32. The van der Waals surface area contributed by atoms with E-state index in [9.17, 15) is 14.0 Å². The van der Waals surface area contributed by atoms with E-state index in [1.165, 1.54) is 12.1 Å². The van der Waals surface area contributed by atoms with Crippen LogP contribution in [0.1, 0.15) is 22.8 Å². The summed E-state index contributed by atoms with van der Waals surface area (Å²) in [4.78, 5) is 24.8. The molecule has 0 radical (unpaired) electrons. The average molecular weight is 335 g/mol. The molecule has 2 aromatic carbocycles. The van der Waals surface area contributed by atoms with Crippen molar-refractivity contribution in [1.82, 2.24) is 0 Å². The molecule has 3 nitrogen and oxygen atoms in total. The zero-order chi connectivity index (χ0) is 16.8. The molecule has 5 heteroatoms. The predicted molar refractivity (Wildman–Crippen MR) is 86.0 cm³/mol. The van der Waals surface area contributed by atoms with E-state index < -0.39 is 11.9 Å². The van der Waals surface area contributed by atoms with E-state index in [4.69, 9.17) is 16.3 Å². The van der Waals surface area contributed by atoms with Crippen molar-refractivity contribution in [2.45, 2.75) is 13.3 Å². The molecule has 0 saturated carbocycles. The number of Topliss-reactive ketones (excluding diaryl/α,β-unsaturated/α-hetero) is 1. The van der Waals surface area contributed by atoms with Crippen molar-refractivity contribution in [3.63, 3.8) is 0 Å². The van der Waals surface area contributed by atoms with Gasteiger partial charge in [-0.25, -0.2) is 4.39 Å². The largest absolute Gasteiger partial charge is 0.465 e. The van der Waals surface area contributed by atoms with Gasteiger partial charge in [0.05, 0.1) is 6.61 Å². The van der Waals surface area contributed by atoms with E-state index in [1.54, 1.807) is 43.3 Å². The molecule has 0 aliphatic carbocycles. The second-order valence-electron chi connectivity index (χ2n) is 5.01. The first-order valence-electron chi connectivity index (χ1n) is 7.22. The molecule has 0 aliphatic heterocycles. The van der Waals surface area contributed by atoms with Crippen molar-refractivity contribution < 1.29 is 18.7 Å². The van der Waals surface area contributed by atoms with Crippen LogP contribution in [0.15, 0.2) is 48.5 Å². The molecule has 1 atom stereocenters. The van der Waals surface area contributed by atoms with Gasteiger partial charge in [0.1, 0.15) is 11.7 Å². The molecule has 0 N–H and O–H groups in total. The summed E-state index contributed by atoms with van der Waals surface area (Å²) in [5, 5.41) is 0.507. The smallest absolute Gasteiger partial charge is 0.317 e. The van der Waals surface area contributed by atoms with Gasteiger partial charge in [-0.2, -0.15) is 0 Å². The van der Waals surface area contributed by atoms with Crippen LogP contribution < -0.4 is 0 Å². The van der Waals surface area contributed by atoms with Gasteiger partial charge in [0, 0.05) is 10.6 Å². The van der Waals surface area contributed by atoms with Crippen LogP contribution in [0.5, 0.6) is 0 Å². The first-order valence-corrected chi connectivity index (χ1v) is 7.60. The van der Waals surface area contributed by atoms with Gasteiger partial charge < -0.3 is 4.74 Å². The SMILES string of the molecule is CCOC(=O)C(Cc1ccc(F)cc1)C(=O)c1ccc(Cl)cc1. The lowest BCUT2D eigenvalue weighted by Gasteiger charge is -2.15. The number of ether oxygens (including phenoxy) is 1. The number of ketones is 1. The van der Waals surface area contributed by atoms with Crippen LogP contribution in [0.25, 0.3) is 0 Å². The Hall–Kier alpha value is -2.20. The Labute approximate surface area is 139 Å². The van der Waals surface area contributed by atoms with Crippen LogP contribution >= 0.6 is 11.6 Å². The topological polar surface area (TPSA) is 43.4 Å². The molecule has 0 heterocycles. The number of halogens is 2. The molecule has 0 aliphatic rings. The summed E-state index contributed by atoms with van der Waals surface area (Å²) in [5.74, 6) is -2.27. The van der Waals surface area contributed by atoms with Crippen molar-refractivity contribution in [1.29, 1.82) is 0 Å². The highest BCUT2D eigenvalue weighted by Gasteiger charge is 2.29. The van der Waals surface area contributed by atoms with E-state index in [0.717, 1.165) is 0 Å². The third-order valence-electron chi connectivity index (χ3n) is 3.37. The molecule has 1 unspecified atom stereocenters. The molecule has 0 amide bonds. The van der Waals surface area contributed by atoms with E-state index in [1.807, 2.05) is 0 Å². The van der Waals surface area contributed by atoms with Gasteiger partial charge in [-0.05, 0) is 55.3 Å². The molecule has 0 bridgehead atoms. The lowest BCUT2D eigenvalue weighted by atomic mass is 9.91. The summed E-state index contributed by atoms with van der Waals surface area (Å²) < 4.78 is 18.0. The summed E-state index contributed by atoms with van der Waals surface area (Å²) in [6, 6.07) is 12.0. The second-order valence-corrected chi connectivity index (χ2v) is 5.44. The van der Waals surface area contributed by atoms with Gasteiger partial charge in [0.25, 0.3) is 0 Å². The van der Waals surface area contributed by atoms with Crippen molar-refractivity contribution in [3.05, 3.63) is 70.5 Å². The highest BCUT2D eigenvalue weighted by atomic mass is 35.5. The van der Waals surface area contributed by atoms with Gasteiger partial charge in [-0.1, -0.05) is 23.7 Å². The fourth-order valence-electron chi connectivity index (χ4n) is 2.20. The average Bonchev–Trinajstić information content (AvgIpc) is 2.54. The van der Waals surface area contributed by atoms with Gasteiger partial charge in [0.15, 0.2) is 5.78 Å². The molecular formula is C18H16ClFO3. The number of carbonyl (C=O) groups is 2. The highest BCUT2D eigenvalue weighted by molar-refractivity contribution is 6.30. The quantitative estimate of drug-likeness (QED) is 0.454. The summed E-state index contributed by atoms with van der Waals surface area (Å²) >= 11 is 5.81. The lowest BCUT2D eigenvalue weighted by Crippen LogP contribution is -2.28. The number of carbonyl (C=O) groups excluding carboxylic acids is 2. The number of benzene rings is 2. The van der Waals surface area contributed by atoms with Crippen LogP contribution in [-0.2, 0) is 16.0 Å². The minimum Gasteiger partial charge on any atom is -0.465 e. The van der Waals surface area contributed by atoms with Crippen LogP contribution in [0.4, 0.5) is 4.39 Å². The van der Waals surface area contributed by atoms with Gasteiger partial charge in [-0.3, -0.25) is 9.59 Å². The number of rotatable bonds is 6. The van der Waals surface area contributed by atoms with Crippen molar-refractivity contribution in [3.8, 4) is 0 Å². The molecule has 0 fully saturated rings. The molecule has 0 aromatic heterocycles. The molecule has 23 heavy (non-hydrogen) atoms. The van der Waals surface area contributed by atoms with Crippen LogP contribution in [0.2, 0.25) is 5.02 Å². The molecule has 2 rings (SSSR count). The Morgan fingerprint density at radius 2 is 1.70 bits per heavy atom. The standard InChI is InChI=1S/C18H16ClFO3/c1-2-23-18(22)16(11-12-3-9-15(20)10-4-12)17(21)13-5-7-14(19)8-6-13/h3-10,16H,2,11H2,1H3. The summed E-state index contributed by atoms with van der Waals surface area (Å²) in [6.07, 6.45) is 0.153. The van der Waals surface area contributed by atoms with Crippen LogP contribution in [0, 0.1) is 11.7 Å². The van der Waals surface area contributed by atoms with Crippen molar-refractivity contribution in [2.24, 2.45) is 5.92 Å². The number of hydrogen-bond donors (Lipinski definition) is 0. The van der Waals surface area contributed by atoms with Crippen molar-refractivity contribution >= 4 is 23.4 Å². The molecule has 0 spiro atoms. The van der Waals surface area contributed by atoms with Gasteiger partial charge in [0.2, 0.25) is 0 Å². The van der Waals surface area contributed by atoms with Gasteiger partial charge in [-0.15, -0.1) is 0 Å². The maximum atomic E-state index is 13.0. The summed E-state index contributed by atoms with van der Waals surface area (Å²) in [6.45, 7) is 1.87. The third-order valence-corrected chi connectivity index (χ3v) is 3.62. The first-order chi connectivity index (χ1) is 11.0. The van der Waals surface area contributed by atoms with E-state index in [-0.39, 0.29) is 24.6 Å². The van der Waals surface area contributed by atoms with Crippen molar-refractivity contribution in [2.75, 3.05) is 6.61 Å². The Bertz CT molecular complexity index is 680. The zero-order valence-electron chi connectivity index (χ0n) is 12.6. The summed E-state index contributed by atoms with van der Waals surface area (Å²) in [5.41, 5.74) is 1.07. The summed E-state index contributed by atoms with van der Waals surface area (Å²) in [7, 11) is 0. The van der Waals surface area contributed by atoms with E-state index >= 15 is 0 Å². The normalized spacial score (nSPS) is 11.8. The van der Waals surface area contributed by atoms with Crippen LogP contribution in [-0.4, -0.2) is 18.4 Å². The Kier molecular flexibility index (Phi) is 5.88. The zero-order valence-corrected chi connectivity index (χ0v) is 13.3. The van der Waals surface area contributed by atoms with E-state index in [2.05, 4.69) is 0 Å². The molecular weight excluding hydrogens is 319 g/mol. The molecule has 2 aromatic rings. The Morgan fingerprint density at radius 3 is 2.26 bits per heavy atom. The maximum Gasteiger partial charge on any atom is 0.317 e. The first kappa shape index (κ1) is 17.2. The molecule has 0 saturated heterocycles. The Morgan fingerprint density at radius 1 is 1.09 bits per heavy atom. The second kappa shape index (κ2) is 7.88. The van der Waals surface area contributed by atoms with E-state index in [0.29, 0.717) is 16.1 Å². The highest BCUT2D eigenvalue weighted by Crippen LogP contribution is 2.19. The van der Waals surface area contributed by atoms with Crippen LogP contribution in [0.3, 0.4) is 0 Å². The predicted octanol–water partition coefficient (Wildman–Crippen LogP) is 4.08. The fraction of sp³-hybridized carbons (Fsp3) is 0.222. The Balaban J connectivity index is 2.25. The minimum atomic E-state index is -0.971. The lowest BCUT2D eigenvalue weighted by molar-refractivity contribution is -0.146. The number of esters is 1. The number of hydrogen-bond acceptors (Lipinski definition) is 3. The molecule has 120 valence electrons. The minimum absolute atomic E-state index is 0.153. The third kappa shape index (κ3) is 4.63. The maximum absolute atomic E-state index is 13.0.